The highest BCUT2D eigenvalue weighted by molar-refractivity contribution is 7.45. The third-order valence-electron chi connectivity index (χ3n) is 4.96. The van der Waals surface area contributed by atoms with Gasteiger partial charge in [-0.1, -0.05) is 62.6 Å². The molecule has 0 heterocycles. The Morgan fingerprint density at radius 1 is 0.943 bits per heavy atom. The van der Waals surface area contributed by atoms with Crippen molar-refractivity contribution in [2.45, 2.75) is 77.2 Å². The summed E-state index contributed by atoms with van der Waals surface area (Å²) in [4.78, 5) is 23.8. The summed E-state index contributed by atoms with van der Waals surface area (Å²) in [5.41, 5.74) is 0. The van der Waals surface area contributed by atoms with Gasteiger partial charge in [-0.15, -0.1) is 0 Å². The number of aliphatic hydroxyl groups excluding tert-OH is 1. The molecule has 1 N–H and O–H groups in total. The molecule has 35 heavy (non-hydrogen) atoms. The minimum Gasteiger partial charge on any atom is -0.756 e. The molecule has 9 heteroatoms. The maximum absolute atomic E-state index is 12.0. The van der Waals surface area contributed by atoms with Gasteiger partial charge >= 0.3 is 5.97 Å². The normalized spacial score (nSPS) is 15.3. The van der Waals surface area contributed by atoms with Crippen LogP contribution in [0.1, 0.15) is 71.1 Å². The van der Waals surface area contributed by atoms with E-state index in [2.05, 4.69) is 43.4 Å². The summed E-state index contributed by atoms with van der Waals surface area (Å²) in [6.45, 7) is 1.61. The lowest BCUT2D eigenvalue weighted by atomic mass is 10.1. The van der Waals surface area contributed by atoms with E-state index < -0.39 is 33.1 Å². The minimum atomic E-state index is -4.52. The lowest BCUT2D eigenvalue weighted by molar-refractivity contribution is -0.870. The van der Waals surface area contributed by atoms with Crippen molar-refractivity contribution in [3.63, 3.8) is 0 Å². The standard InChI is InChI=1S/C26H48NO7P/c1-5-6-7-8-9-10-11-12-13-14-15-16-17-18-19-20-26(29)34-25(23-28)24-33-35(30,31)32-22-21-27(2,3)4/h6-7,9-10,12-13,25,28H,5,8,11,14-24H2,1-4H3/b7-6-,10-9-,13-12-/t25-/m1/s1. The fourth-order valence-corrected chi connectivity index (χ4v) is 3.62. The maximum Gasteiger partial charge on any atom is 0.306 e. The van der Waals surface area contributed by atoms with E-state index in [0.717, 1.165) is 51.4 Å². The third-order valence-corrected chi connectivity index (χ3v) is 5.93. The number of hydrogen-bond donors (Lipinski definition) is 1. The number of likely N-dealkylation sites (N-methyl/N-ethyl adjacent to an activating group) is 1. The van der Waals surface area contributed by atoms with Crippen molar-refractivity contribution in [2.24, 2.45) is 0 Å². The molecule has 0 bridgehead atoms. The highest BCUT2D eigenvalue weighted by Crippen LogP contribution is 2.38. The van der Waals surface area contributed by atoms with Gasteiger partial charge in [-0.25, -0.2) is 0 Å². The Bertz CT molecular complexity index is 671. The first-order valence-corrected chi connectivity index (χ1v) is 14.2. The molecule has 0 saturated carbocycles. The highest BCUT2D eigenvalue weighted by atomic mass is 31.2. The van der Waals surface area contributed by atoms with Crippen LogP contribution in [-0.4, -0.2) is 69.2 Å². The first kappa shape index (κ1) is 33.7. The first-order chi connectivity index (χ1) is 16.6. The summed E-state index contributed by atoms with van der Waals surface area (Å²) < 4.78 is 27.0. The zero-order chi connectivity index (χ0) is 26.4. The Hall–Kier alpha value is -1.28. The highest BCUT2D eigenvalue weighted by Gasteiger charge is 2.19. The van der Waals surface area contributed by atoms with Crippen LogP contribution < -0.4 is 4.89 Å². The largest absolute Gasteiger partial charge is 0.756 e. The van der Waals surface area contributed by atoms with E-state index in [1.165, 1.54) is 0 Å². The van der Waals surface area contributed by atoms with Gasteiger partial charge in [0.2, 0.25) is 0 Å². The Morgan fingerprint density at radius 2 is 1.54 bits per heavy atom. The van der Waals surface area contributed by atoms with Crippen molar-refractivity contribution < 1.29 is 37.6 Å². The van der Waals surface area contributed by atoms with Crippen LogP contribution in [0.5, 0.6) is 0 Å². The van der Waals surface area contributed by atoms with E-state index >= 15 is 0 Å². The van der Waals surface area contributed by atoms with E-state index in [4.69, 9.17) is 13.8 Å². The number of hydrogen-bond acceptors (Lipinski definition) is 7. The second-order valence-electron chi connectivity index (χ2n) is 9.48. The minimum absolute atomic E-state index is 0.0152. The SMILES string of the molecule is CC/C=C\C/C=C\C/C=C\CCCCCCCC(=O)O[C@H](CO)COP(=O)([O-])OCC[N+](C)(C)C. The van der Waals surface area contributed by atoms with Crippen molar-refractivity contribution >= 4 is 13.8 Å². The van der Waals surface area contributed by atoms with Gasteiger partial charge in [0.1, 0.15) is 19.3 Å². The van der Waals surface area contributed by atoms with Crippen LogP contribution in [0, 0.1) is 0 Å². The van der Waals surface area contributed by atoms with Crippen molar-refractivity contribution in [1.29, 1.82) is 0 Å². The summed E-state index contributed by atoms with van der Waals surface area (Å²) in [6, 6.07) is 0. The summed E-state index contributed by atoms with van der Waals surface area (Å²) in [6.07, 6.45) is 21.3. The van der Waals surface area contributed by atoms with Gasteiger partial charge in [0.05, 0.1) is 34.4 Å². The molecule has 0 aliphatic carbocycles. The maximum atomic E-state index is 12.0. The Labute approximate surface area is 212 Å². The summed E-state index contributed by atoms with van der Waals surface area (Å²) in [7, 11) is 1.22. The predicted molar refractivity (Wildman–Crippen MR) is 139 cm³/mol. The Kier molecular flexibility index (Phi) is 20.1. The Morgan fingerprint density at radius 3 is 2.17 bits per heavy atom. The first-order valence-electron chi connectivity index (χ1n) is 12.8. The number of carbonyl (C=O) groups excluding carboxylic acids is 1. The average molecular weight is 518 g/mol. The summed E-state index contributed by atoms with van der Waals surface area (Å²) in [5, 5.41) is 9.35. The number of rotatable bonds is 22. The topological polar surface area (TPSA) is 105 Å². The number of phosphoric acid groups is 1. The molecule has 0 aliphatic heterocycles. The van der Waals surface area contributed by atoms with Gasteiger partial charge < -0.3 is 28.3 Å². The van der Waals surface area contributed by atoms with Gasteiger partial charge in [-0.3, -0.25) is 9.36 Å². The summed E-state index contributed by atoms with van der Waals surface area (Å²) in [5.74, 6) is -0.472. The van der Waals surface area contributed by atoms with Crippen molar-refractivity contribution in [1.82, 2.24) is 0 Å². The van der Waals surface area contributed by atoms with E-state index in [-0.39, 0.29) is 13.0 Å². The fraction of sp³-hybridized carbons (Fsp3) is 0.731. The predicted octanol–water partition coefficient (Wildman–Crippen LogP) is 4.69. The van der Waals surface area contributed by atoms with Gasteiger partial charge in [0, 0.05) is 6.42 Å². The lowest BCUT2D eigenvalue weighted by Crippen LogP contribution is -2.37. The van der Waals surface area contributed by atoms with Crippen LogP contribution >= 0.6 is 7.82 Å². The fourth-order valence-electron chi connectivity index (χ4n) is 2.90. The molecule has 0 fully saturated rings. The second kappa shape index (κ2) is 20.9. The van der Waals surface area contributed by atoms with E-state index in [1.54, 1.807) is 0 Å². The van der Waals surface area contributed by atoms with Crippen LogP contribution in [0.3, 0.4) is 0 Å². The number of carbonyl (C=O) groups is 1. The molecule has 204 valence electrons. The quantitative estimate of drug-likeness (QED) is 0.0730. The van der Waals surface area contributed by atoms with Gasteiger partial charge in [0.25, 0.3) is 7.82 Å². The zero-order valence-electron chi connectivity index (χ0n) is 22.2. The molecule has 0 rings (SSSR count). The molecule has 0 spiro atoms. The van der Waals surface area contributed by atoms with E-state index in [0.29, 0.717) is 17.4 Å². The number of allylic oxidation sites excluding steroid dienone is 6. The molecule has 0 aromatic carbocycles. The number of unbranched alkanes of at least 4 members (excludes halogenated alkanes) is 5. The Balaban J connectivity index is 3.82. The van der Waals surface area contributed by atoms with Crippen molar-refractivity contribution in [3.05, 3.63) is 36.5 Å². The lowest BCUT2D eigenvalue weighted by Gasteiger charge is -2.28. The molecule has 0 radical (unpaired) electrons. The van der Waals surface area contributed by atoms with Crippen LogP contribution in [0.15, 0.2) is 36.5 Å². The molecule has 0 aromatic heterocycles. The van der Waals surface area contributed by atoms with Crippen LogP contribution in [-0.2, 0) is 23.1 Å². The van der Waals surface area contributed by atoms with Gasteiger partial charge in [-0.05, 0) is 38.5 Å². The smallest absolute Gasteiger partial charge is 0.306 e. The number of ether oxygens (including phenoxy) is 1. The molecule has 8 nitrogen and oxygen atoms in total. The van der Waals surface area contributed by atoms with Crippen LogP contribution in [0.4, 0.5) is 0 Å². The molecule has 0 aromatic rings. The van der Waals surface area contributed by atoms with E-state index in [1.807, 2.05) is 21.1 Å². The second-order valence-corrected chi connectivity index (χ2v) is 10.9. The molecule has 1 unspecified atom stereocenters. The molecule has 0 saturated heterocycles. The molecule has 2 atom stereocenters. The number of nitrogens with zero attached hydrogens (tertiary/aromatic N) is 1. The average Bonchev–Trinajstić information content (AvgIpc) is 2.78. The summed E-state index contributed by atoms with van der Waals surface area (Å²) >= 11 is 0. The molecule has 0 aliphatic rings. The number of phosphoric ester groups is 1. The number of quaternary nitrogens is 1. The monoisotopic (exact) mass is 517 g/mol. The van der Waals surface area contributed by atoms with Crippen molar-refractivity contribution in [2.75, 3.05) is 47.5 Å². The van der Waals surface area contributed by atoms with Crippen LogP contribution in [0.2, 0.25) is 0 Å². The van der Waals surface area contributed by atoms with E-state index in [9.17, 15) is 19.4 Å². The van der Waals surface area contributed by atoms with Gasteiger partial charge in [-0.2, -0.15) is 0 Å². The molecular formula is C26H48NO7P. The number of esters is 1. The van der Waals surface area contributed by atoms with Crippen molar-refractivity contribution in [3.8, 4) is 0 Å². The zero-order valence-corrected chi connectivity index (χ0v) is 23.1. The van der Waals surface area contributed by atoms with Gasteiger partial charge in [0.15, 0.2) is 0 Å². The number of aliphatic hydroxyl groups is 1. The van der Waals surface area contributed by atoms with Crippen LogP contribution in [0.25, 0.3) is 0 Å². The third kappa shape index (κ3) is 24.2. The molecule has 0 amide bonds. The molecular weight excluding hydrogens is 469 g/mol.